The third kappa shape index (κ3) is 2.11. The molecule has 0 saturated carbocycles. The highest BCUT2D eigenvalue weighted by atomic mass is 19.1. The lowest BCUT2D eigenvalue weighted by atomic mass is 10.2. The molecule has 17 heavy (non-hydrogen) atoms. The van der Waals surface area contributed by atoms with Crippen LogP contribution >= 0.6 is 0 Å². The molecular formula is C10H12FN2O4+. The number of hydrogen-bond donors (Lipinski definition) is 2. The molecule has 6 nitrogen and oxygen atoms in total. The van der Waals surface area contributed by atoms with Crippen molar-refractivity contribution in [3.8, 4) is 0 Å². The number of aliphatic hydroxyl groups is 2. The number of aliphatic hydroxyl groups excluding tert-OH is 2. The molecule has 7 heteroatoms. The van der Waals surface area contributed by atoms with Gasteiger partial charge >= 0.3 is 6.03 Å². The molecule has 0 spiro atoms. The van der Waals surface area contributed by atoms with Crippen LogP contribution in [0.4, 0.5) is 9.18 Å². The van der Waals surface area contributed by atoms with Crippen LogP contribution in [0, 0.1) is 0 Å². The Kier molecular flexibility index (Phi) is 3.03. The van der Waals surface area contributed by atoms with Crippen LogP contribution in [0.5, 0.6) is 0 Å². The van der Waals surface area contributed by atoms with Crippen molar-refractivity contribution in [3.05, 3.63) is 12.0 Å². The molecule has 0 radical (unpaired) electrons. The number of carbonyl (C=O) groups is 1. The van der Waals surface area contributed by atoms with Gasteiger partial charge in [-0.25, -0.2) is 0 Å². The van der Waals surface area contributed by atoms with Crippen LogP contribution in [0.15, 0.2) is 17.0 Å². The second-order valence-electron chi connectivity index (χ2n) is 3.83. The van der Waals surface area contributed by atoms with E-state index >= 15 is 0 Å². The Morgan fingerprint density at radius 1 is 1.71 bits per heavy atom. The Morgan fingerprint density at radius 3 is 3.00 bits per heavy atom. The first kappa shape index (κ1) is 11.9. The Hall–Kier alpha value is -1.60. The second kappa shape index (κ2) is 4.34. The average molecular weight is 243 g/mol. The van der Waals surface area contributed by atoms with Gasteiger partial charge in [0.25, 0.3) is 5.90 Å². The van der Waals surface area contributed by atoms with E-state index < -0.39 is 24.1 Å². The van der Waals surface area contributed by atoms with Crippen molar-refractivity contribution in [1.29, 1.82) is 0 Å². The fourth-order valence-corrected chi connectivity index (χ4v) is 1.62. The van der Waals surface area contributed by atoms with Crippen molar-refractivity contribution in [2.75, 3.05) is 6.61 Å². The highest BCUT2D eigenvalue weighted by Gasteiger charge is 2.38. The first-order valence-corrected chi connectivity index (χ1v) is 5.10. The lowest BCUT2D eigenvalue weighted by molar-refractivity contribution is -0.363. The van der Waals surface area contributed by atoms with Gasteiger partial charge in [-0.05, 0) is 4.99 Å². The lowest BCUT2D eigenvalue weighted by Gasteiger charge is -2.08. The summed E-state index contributed by atoms with van der Waals surface area (Å²) in [4.78, 5) is 15.0. The number of ether oxygens (including phenoxy) is 1. The molecule has 1 saturated heterocycles. The molecule has 0 aliphatic carbocycles. The first-order valence-electron chi connectivity index (χ1n) is 5.10. The number of urea groups is 1. The van der Waals surface area contributed by atoms with E-state index in [4.69, 9.17) is 9.84 Å². The van der Waals surface area contributed by atoms with Crippen molar-refractivity contribution in [1.82, 2.24) is 0 Å². The van der Waals surface area contributed by atoms with Gasteiger partial charge < -0.3 is 14.9 Å². The Morgan fingerprint density at radius 2 is 2.41 bits per heavy atom. The molecule has 2 amide bonds. The maximum absolute atomic E-state index is 13.3. The molecule has 2 heterocycles. The number of allylic oxidation sites excluding steroid dienone is 1. The maximum Gasteiger partial charge on any atom is 0.547 e. The van der Waals surface area contributed by atoms with Crippen LogP contribution < -0.4 is 0 Å². The van der Waals surface area contributed by atoms with Crippen LogP contribution in [0.1, 0.15) is 13.3 Å². The fraction of sp³-hybridized carbons (Fsp3) is 0.500. The topological polar surface area (TPSA) is 82.1 Å². The highest BCUT2D eigenvalue weighted by Crippen LogP contribution is 2.18. The smallest absolute Gasteiger partial charge is 0.456 e. The van der Waals surface area contributed by atoms with Crippen molar-refractivity contribution in [2.45, 2.75) is 25.6 Å². The van der Waals surface area contributed by atoms with Gasteiger partial charge in [0.15, 0.2) is 11.8 Å². The molecule has 0 aromatic carbocycles. The zero-order chi connectivity index (χ0) is 12.6. The maximum atomic E-state index is 13.3. The SMILES string of the molecule is CC1=NC(=O)/[N+](=C2\C[C@H](O)[C@@H](CO)O2)C=C1F. The lowest BCUT2D eigenvalue weighted by Crippen LogP contribution is -2.26. The van der Waals surface area contributed by atoms with Crippen molar-refractivity contribution in [3.63, 3.8) is 0 Å². The van der Waals surface area contributed by atoms with Gasteiger partial charge in [-0.15, -0.1) is 4.58 Å². The minimum absolute atomic E-state index is 0.00380. The van der Waals surface area contributed by atoms with E-state index in [1.54, 1.807) is 0 Å². The predicted octanol–water partition coefficient (Wildman–Crippen LogP) is -0.0551. The summed E-state index contributed by atoms with van der Waals surface area (Å²) in [7, 11) is 0. The summed E-state index contributed by atoms with van der Waals surface area (Å²) in [5.74, 6) is -0.546. The summed E-state index contributed by atoms with van der Waals surface area (Å²) >= 11 is 0. The average Bonchev–Trinajstić information content (AvgIpc) is 2.65. The van der Waals surface area contributed by atoms with Crippen LogP contribution in [0.3, 0.4) is 0 Å². The van der Waals surface area contributed by atoms with E-state index in [1.165, 1.54) is 6.92 Å². The minimum atomic E-state index is -0.911. The van der Waals surface area contributed by atoms with E-state index in [0.717, 1.165) is 10.8 Å². The molecule has 2 atom stereocenters. The zero-order valence-corrected chi connectivity index (χ0v) is 9.13. The van der Waals surface area contributed by atoms with E-state index in [-0.39, 0.29) is 24.6 Å². The summed E-state index contributed by atoms with van der Waals surface area (Å²) in [6, 6.07) is -0.676. The predicted molar refractivity (Wildman–Crippen MR) is 55.5 cm³/mol. The number of hydrogen-bond acceptors (Lipinski definition) is 4. The first-order chi connectivity index (χ1) is 8.02. The molecule has 2 aliphatic rings. The molecular weight excluding hydrogens is 231 g/mol. The summed E-state index contributed by atoms with van der Waals surface area (Å²) in [5.41, 5.74) is 0.00380. The zero-order valence-electron chi connectivity index (χ0n) is 9.13. The minimum Gasteiger partial charge on any atom is -0.456 e. The van der Waals surface area contributed by atoms with Gasteiger partial charge in [-0.1, -0.05) is 0 Å². The highest BCUT2D eigenvalue weighted by molar-refractivity contribution is 6.03. The largest absolute Gasteiger partial charge is 0.547 e. The Balaban J connectivity index is 2.32. The number of rotatable bonds is 1. The van der Waals surface area contributed by atoms with Gasteiger partial charge in [0, 0.05) is 6.92 Å². The molecule has 2 N–H and O–H groups in total. The molecule has 92 valence electrons. The van der Waals surface area contributed by atoms with Crippen LogP contribution in [0.2, 0.25) is 0 Å². The normalized spacial score (nSPS) is 33.3. The monoisotopic (exact) mass is 243 g/mol. The van der Waals surface area contributed by atoms with Crippen molar-refractivity contribution >= 4 is 17.6 Å². The third-order valence-electron chi connectivity index (χ3n) is 2.61. The molecule has 0 bridgehead atoms. The van der Waals surface area contributed by atoms with Gasteiger partial charge in [0.1, 0.15) is 12.3 Å². The van der Waals surface area contributed by atoms with E-state index in [1.807, 2.05) is 0 Å². The summed E-state index contributed by atoms with van der Waals surface area (Å²) < 4.78 is 19.3. The van der Waals surface area contributed by atoms with Crippen LogP contribution in [0.25, 0.3) is 0 Å². The fourth-order valence-electron chi connectivity index (χ4n) is 1.62. The van der Waals surface area contributed by atoms with Crippen molar-refractivity contribution < 1.29 is 28.7 Å². The molecule has 2 aliphatic heterocycles. The van der Waals surface area contributed by atoms with E-state index in [0.29, 0.717) is 0 Å². The van der Waals surface area contributed by atoms with Crippen LogP contribution in [-0.2, 0) is 4.74 Å². The van der Waals surface area contributed by atoms with Gasteiger partial charge in [-0.3, -0.25) is 0 Å². The van der Waals surface area contributed by atoms with E-state index in [9.17, 15) is 14.3 Å². The quantitative estimate of drug-likeness (QED) is 0.632. The van der Waals surface area contributed by atoms with Gasteiger partial charge in [0.05, 0.1) is 13.0 Å². The molecule has 0 aromatic rings. The third-order valence-corrected chi connectivity index (χ3v) is 2.61. The Labute approximate surface area is 96.4 Å². The number of carbonyl (C=O) groups excluding carboxylic acids is 1. The van der Waals surface area contributed by atoms with Gasteiger partial charge in [0.2, 0.25) is 5.83 Å². The summed E-state index contributed by atoms with van der Waals surface area (Å²) in [6.07, 6.45) is -0.700. The molecule has 2 rings (SSSR count). The van der Waals surface area contributed by atoms with E-state index in [2.05, 4.69) is 4.99 Å². The standard InChI is InChI=1S/C10H12FN2O4/c1-5-6(11)3-13(10(16)12-5)9-2-7(15)8(4-14)17-9/h3,7-8,14-15H,2,4H2,1H3/q+1/b13-9+/t7-,8+/m0/s1. The molecule has 1 fully saturated rings. The summed E-state index contributed by atoms with van der Waals surface area (Å²) in [5, 5.41) is 18.4. The second-order valence-corrected chi connectivity index (χ2v) is 3.83. The Bertz CT molecular complexity index is 455. The number of aliphatic imine (C=N–C) groups is 1. The molecule has 0 aromatic heterocycles. The number of halogens is 1. The molecule has 0 unspecified atom stereocenters. The summed E-state index contributed by atoms with van der Waals surface area (Å²) in [6.45, 7) is 1.01. The van der Waals surface area contributed by atoms with Crippen LogP contribution in [-0.4, -0.2) is 51.2 Å². The van der Waals surface area contributed by atoms with Gasteiger partial charge in [-0.2, -0.15) is 9.18 Å². The van der Waals surface area contributed by atoms with Crippen molar-refractivity contribution in [2.24, 2.45) is 4.99 Å². The number of amides is 2. The number of nitrogens with zero attached hydrogens (tertiary/aromatic N) is 2.